The van der Waals surface area contributed by atoms with Gasteiger partial charge in [0.2, 0.25) is 5.91 Å². The van der Waals surface area contributed by atoms with Crippen LogP contribution in [0.15, 0.2) is 46.9 Å². The van der Waals surface area contributed by atoms with Crippen LogP contribution < -0.4 is 15.8 Å². The lowest BCUT2D eigenvalue weighted by atomic mass is 10.0. The summed E-state index contributed by atoms with van der Waals surface area (Å²) in [5.74, 6) is -1.45. The predicted octanol–water partition coefficient (Wildman–Crippen LogP) is 2.85. The summed E-state index contributed by atoms with van der Waals surface area (Å²) in [4.78, 5) is 35.2. The van der Waals surface area contributed by atoms with Gasteiger partial charge in [-0.1, -0.05) is 33.6 Å². The molecule has 0 aliphatic heterocycles. The molecule has 2 amide bonds. The van der Waals surface area contributed by atoms with Gasteiger partial charge >= 0.3 is 5.97 Å². The molecule has 0 radical (unpaired) electrons. The Kier molecular flexibility index (Phi) is 6.76. The Bertz CT molecular complexity index is 857. The molecule has 0 unspecified atom stereocenters. The van der Waals surface area contributed by atoms with Gasteiger partial charge in [0.05, 0.1) is 0 Å². The zero-order valence-electron chi connectivity index (χ0n) is 13.8. The SMILES string of the molecule is CC(=O)Oc1cccc(C(=O)N[C@@H](Cc2cc(Cl)ccc2Br)C(N)=O)c1. The maximum atomic E-state index is 12.4. The number of nitrogens with two attached hydrogens (primary N) is 1. The second kappa shape index (κ2) is 8.82. The van der Waals surface area contributed by atoms with Crippen molar-refractivity contribution >= 4 is 45.3 Å². The van der Waals surface area contributed by atoms with Crippen LogP contribution in [0, 0.1) is 0 Å². The molecule has 0 fully saturated rings. The van der Waals surface area contributed by atoms with E-state index in [0.717, 1.165) is 10.0 Å². The fraction of sp³-hybridized carbons (Fsp3) is 0.167. The molecule has 2 rings (SSSR count). The number of benzene rings is 2. The summed E-state index contributed by atoms with van der Waals surface area (Å²) in [6.07, 6.45) is 0.172. The largest absolute Gasteiger partial charge is 0.427 e. The molecular weight excluding hydrogens is 424 g/mol. The van der Waals surface area contributed by atoms with Gasteiger partial charge in [-0.25, -0.2) is 0 Å². The van der Waals surface area contributed by atoms with Crippen molar-refractivity contribution in [1.29, 1.82) is 0 Å². The van der Waals surface area contributed by atoms with Crippen molar-refractivity contribution in [2.75, 3.05) is 0 Å². The molecule has 3 N–H and O–H groups in total. The fourth-order valence-electron chi connectivity index (χ4n) is 2.25. The molecule has 0 spiro atoms. The standard InChI is InChI=1S/C18H16BrClN2O4/c1-10(23)26-14-4-2-3-11(8-14)18(25)22-16(17(21)24)9-12-7-13(20)5-6-15(12)19/h2-8,16H,9H2,1H3,(H2,21,24)(H,22,25)/t16-/m0/s1. The summed E-state index contributed by atoms with van der Waals surface area (Å²) in [5, 5.41) is 3.10. The third kappa shape index (κ3) is 5.57. The summed E-state index contributed by atoms with van der Waals surface area (Å²) < 4.78 is 5.70. The first-order valence-electron chi connectivity index (χ1n) is 7.59. The number of carbonyl (C=O) groups excluding carboxylic acids is 3. The number of esters is 1. The third-order valence-corrected chi connectivity index (χ3v) is 4.45. The monoisotopic (exact) mass is 438 g/mol. The average Bonchev–Trinajstić information content (AvgIpc) is 2.56. The quantitative estimate of drug-likeness (QED) is 0.534. The molecule has 6 nitrogen and oxygen atoms in total. The zero-order valence-corrected chi connectivity index (χ0v) is 16.1. The first-order valence-corrected chi connectivity index (χ1v) is 8.76. The van der Waals surface area contributed by atoms with Gasteiger partial charge in [-0.3, -0.25) is 14.4 Å². The third-order valence-electron chi connectivity index (χ3n) is 3.44. The average molecular weight is 440 g/mol. The Morgan fingerprint density at radius 3 is 2.62 bits per heavy atom. The molecular formula is C18H16BrClN2O4. The number of rotatable bonds is 6. The number of nitrogens with one attached hydrogen (secondary N) is 1. The molecule has 2 aromatic carbocycles. The van der Waals surface area contributed by atoms with E-state index < -0.39 is 23.8 Å². The molecule has 0 bridgehead atoms. The maximum Gasteiger partial charge on any atom is 0.308 e. The Morgan fingerprint density at radius 2 is 1.96 bits per heavy atom. The number of primary amides is 1. The number of halogens is 2. The van der Waals surface area contributed by atoms with Gasteiger partial charge in [-0.15, -0.1) is 0 Å². The van der Waals surface area contributed by atoms with Gasteiger partial charge in [0.1, 0.15) is 11.8 Å². The summed E-state index contributed by atoms with van der Waals surface area (Å²) in [5.41, 5.74) is 6.39. The second-order valence-corrected chi connectivity index (χ2v) is 6.78. The van der Waals surface area contributed by atoms with E-state index in [1.54, 1.807) is 30.3 Å². The molecule has 0 aromatic heterocycles. The maximum absolute atomic E-state index is 12.4. The van der Waals surface area contributed by atoms with E-state index in [0.29, 0.717) is 5.02 Å². The van der Waals surface area contributed by atoms with E-state index >= 15 is 0 Å². The van der Waals surface area contributed by atoms with Crippen LogP contribution in [-0.2, 0) is 16.0 Å². The molecule has 0 aliphatic carbocycles. The van der Waals surface area contributed by atoms with Crippen LogP contribution in [0.2, 0.25) is 5.02 Å². The molecule has 0 aliphatic rings. The highest BCUT2D eigenvalue weighted by molar-refractivity contribution is 9.10. The molecule has 8 heteroatoms. The van der Waals surface area contributed by atoms with E-state index in [4.69, 9.17) is 22.1 Å². The van der Waals surface area contributed by atoms with Crippen LogP contribution in [0.5, 0.6) is 5.75 Å². The van der Waals surface area contributed by atoms with Crippen LogP contribution in [0.3, 0.4) is 0 Å². The van der Waals surface area contributed by atoms with E-state index in [1.807, 2.05) is 0 Å². The fourth-order valence-corrected chi connectivity index (χ4v) is 2.85. The van der Waals surface area contributed by atoms with Gasteiger partial charge in [-0.05, 0) is 42.0 Å². The smallest absolute Gasteiger partial charge is 0.308 e. The molecule has 26 heavy (non-hydrogen) atoms. The summed E-state index contributed by atoms with van der Waals surface area (Å²) in [7, 11) is 0. The number of hydrogen-bond donors (Lipinski definition) is 2. The van der Waals surface area contributed by atoms with Crippen molar-refractivity contribution in [2.45, 2.75) is 19.4 Å². The Labute approximate surface area is 163 Å². The van der Waals surface area contributed by atoms with E-state index in [1.165, 1.54) is 19.1 Å². The lowest BCUT2D eigenvalue weighted by Crippen LogP contribution is -2.45. The minimum atomic E-state index is -0.936. The lowest BCUT2D eigenvalue weighted by molar-refractivity contribution is -0.131. The number of amides is 2. The Morgan fingerprint density at radius 1 is 1.23 bits per heavy atom. The van der Waals surface area contributed by atoms with Crippen molar-refractivity contribution < 1.29 is 19.1 Å². The van der Waals surface area contributed by atoms with Crippen LogP contribution in [0.4, 0.5) is 0 Å². The predicted molar refractivity (Wildman–Crippen MR) is 101 cm³/mol. The van der Waals surface area contributed by atoms with Gasteiger partial charge in [-0.2, -0.15) is 0 Å². The first kappa shape index (κ1) is 19.9. The zero-order chi connectivity index (χ0) is 19.3. The van der Waals surface area contributed by atoms with E-state index in [-0.39, 0.29) is 17.7 Å². The van der Waals surface area contributed by atoms with Crippen molar-refractivity contribution in [3.8, 4) is 5.75 Å². The topological polar surface area (TPSA) is 98.5 Å². The van der Waals surface area contributed by atoms with Crippen molar-refractivity contribution in [3.05, 3.63) is 63.1 Å². The molecule has 0 heterocycles. The molecule has 2 aromatic rings. The minimum absolute atomic E-state index is 0.172. The molecule has 1 atom stereocenters. The molecule has 0 saturated heterocycles. The summed E-state index contributed by atoms with van der Waals surface area (Å²) in [6, 6.07) is 10.3. The molecule has 136 valence electrons. The number of ether oxygens (including phenoxy) is 1. The Hall–Kier alpha value is -2.38. The molecule has 0 saturated carbocycles. The van der Waals surface area contributed by atoms with E-state index in [9.17, 15) is 14.4 Å². The number of hydrogen-bond acceptors (Lipinski definition) is 4. The van der Waals surface area contributed by atoms with Crippen molar-refractivity contribution in [1.82, 2.24) is 5.32 Å². The van der Waals surface area contributed by atoms with Crippen LogP contribution in [0.25, 0.3) is 0 Å². The van der Waals surface area contributed by atoms with Crippen LogP contribution in [-0.4, -0.2) is 23.8 Å². The van der Waals surface area contributed by atoms with Gasteiger partial charge in [0.25, 0.3) is 5.91 Å². The highest BCUT2D eigenvalue weighted by atomic mass is 79.9. The second-order valence-electron chi connectivity index (χ2n) is 5.49. The first-order chi connectivity index (χ1) is 12.3. The summed E-state index contributed by atoms with van der Waals surface area (Å²) in [6.45, 7) is 1.26. The Balaban J connectivity index is 2.17. The highest BCUT2D eigenvalue weighted by Crippen LogP contribution is 2.22. The van der Waals surface area contributed by atoms with Crippen LogP contribution in [0.1, 0.15) is 22.8 Å². The number of carbonyl (C=O) groups is 3. The van der Waals surface area contributed by atoms with E-state index in [2.05, 4.69) is 21.2 Å². The van der Waals surface area contributed by atoms with Gasteiger partial charge < -0.3 is 15.8 Å². The highest BCUT2D eigenvalue weighted by Gasteiger charge is 2.21. The minimum Gasteiger partial charge on any atom is -0.427 e. The normalized spacial score (nSPS) is 11.5. The van der Waals surface area contributed by atoms with Crippen molar-refractivity contribution in [2.24, 2.45) is 5.73 Å². The van der Waals surface area contributed by atoms with Gasteiger partial charge in [0.15, 0.2) is 0 Å². The van der Waals surface area contributed by atoms with Crippen LogP contribution >= 0.6 is 27.5 Å². The lowest BCUT2D eigenvalue weighted by Gasteiger charge is -2.17. The van der Waals surface area contributed by atoms with Gasteiger partial charge in [0, 0.05) is 28.4 Å². The van der Waals surface area contributed by atoms with Crippen molar-refractivity contribution in [3.63, 3.8) is 0 Å². The summed E-state index contributed by atoms with van der Waals surface area (Å²) >= 11 is 9.35.